The first-order chi connectivity index (χ1) is 27.2. The van der Waals surface area contributed by atoms with Crippen LogP contribution in [-0.2, 0) is 0 Å². The molecule has 6 heteroatoms. The molecule has 2 unspecified atom stereocenters. The van der Waals surface area contributed by atoms with Gasteiger partial charge in [0.2, 0.25) is 0 Å². The van der Waals surface area contributed by atoms with Crippen molar-refractivity contribution in [3.8, 4) is 11.1 Å². The molecule has 0 bridgehead atoms. The van der Waals surface area contributed by atoms with E-state index in [1.165, 1.54) is 30.9 Å². The second-order valence-electron chi connectivity index (χ2n) is 14.3. The second-order valence-corrected chi connectivity index (χ2v) is 15.4. The average molecular weight is 726 g/mol. The molecule has 0 saturated carbocycles. The van der Waals surface area contributed by atoms with Gasteiger partial charge in [-0.25, -0.2) is 4.99 Å². The molecule has 0 amide bonds. The number of hydrogen-bond donors (Lipinski definition) is 2. The minimum absolute atomic E-state index is 0.340. The van der Waals surface area contributed by atoms with E-state index in [9.17, 15) is 0 Å². The van der Waals surface area contributed by atoms with Gasteiger partial charge in [0, 0.05) is 52.8 Å². The van der Waals surface area contributed by atoms with Gasteiger partial charge in [0.05, 0.1) is 0 Å². The summed E-state index contributed by atoms with van der Waals surface area (Å²) in [6, 6.07) is 58.0. The van der Waals surface area contributed by atoms with Crippen molar-refractivity contribution in [2.75, 3.05) is 0 Å². The van der Waals surface area contributed by atoms with E-state index < -0.39 is 0 Å². The molecule has 0 aliphatic carbocycles. The van der Waals surface area contributed by atoms with Crippen LogP contribution in [0.1, 0.15) is 29.0 Å². The van der Waals surface area contributed by atoms with Gasteiger partial charge < -0.3 is 14.2 Å². The van der Waals surface area contributed by atoms with Crippen molar-refractivity contribution in [2.45, 2.75) is 12.3 Å². The third-order valence-electron chi connectivity index (χ3n) is 11.2. The molecule has 4 heterocycles. The summed E-state index contributed by atoms with van der Waals surface area (Å²) in [5.41, 5.74) is 8.89. The van der Waals surface area contributed by atoms with E-state index in [2.05, 4.69) is 156 Å². The lowest BCUT2D eigenvalue weighted by Gasteiger charge is -2.33. The Morgan fingerprint density at radius 2 is 1.18 bits per heavy atom. The van der Waals surface area contributed by atoms with Crippen LogP contribution in [0.15, 0.2) is 178 Å². The molecule has 0 spiro atoms. The van der Waals surface area contributed by atoms with Crippen molar-refractivity contribution in [1.29, 1.82) is 0 Å². The Balaban J connectivity index is 1.08. The zero-order chi connectivity index (χ0) is 36.0. The topological polar surface area (TPSA) is 62.7 Å². The zero-order valence-electron chi connectivity index (χ0n) is 29.4. The molecule has 2 atom stereocenters. The molecule has 8 aromatic carbocycles. The monoisotopic (exact) mass is 725 g/mol. The van der Waals surface area contributed by atoms with E-state index in [0.29, 0.717) is 0 Å². The maximum absolute atomic E-state index is 6.54. The molecule has 0 radical (unpaired) electrons. The number of nitrogens with zero attached hydrogens (tertiary/aromatic N) is 1. The number of fused-ring (bicyclic) bond motifs is 10. The van der Waals surface area contributed by atoms with Gasteiger partial charge in [-0.05, 0) is 69.9 Å². The summed E-state index contributed by atoms with van der Waals surface area (Å²) in [6.07, 6.45) is -0.718. The minimum atomic E-state index is -0.378. The molecular formula is C49H31N3O2S. The Labute approximate surface area is 319 Å². The van der Waals surface area contributed by atoms with E-state index in [0.717, 1.165) is 77.5 Å². The van der Waals surface area contributed by atoms with Gasteiger partial charge >= 0.3 is 0 Å². The number of thiophene rings is 1. The molecule has 5 nitrogen and oxygen atoms in total. The standard InChI is InChI=1S/C49H31N3O2S/c1-2-10-29-25-31(18-17-28(29)9-1)47-50-48(32-20-21-35-34-11-3-6-14-39(34)54-42(35)26-32)52-49(51-47)46-33(23-24-41-45(46)38-13-4-7-15-40(38)53-41)30-19-22-37-36-12-5-8-16-43(36)55-44(37)27-30/h1-27,48-49,52H,(H,50,51). The Hall–Kier alpha value is -6.73. The van der Waals surface area contributed by atoms with Crippen LogP contribution < -0.4 is 10.6 Å². The third-order valence-corrected chi connectivity index (χ3v) is 12.3. The van der Waals surface area contributed by atoms with E-state index in [1.54, 1.807) is 0 Å². The maximum atomic E-state index is 6.54. The van der Waals surface area contributed by atoms with Gasteiger partial charge in [0.15, 0.2) is 0 Å². The van der Waals surface area contributed by atoms with Crippen LogP contribution in [-0.4, -0.2) is 5.84 Å². The molecule has 11 aromatic rings. The fourth-order valence-electron chi connectivity index (χ4n) is 8.56. The highest BCUT2D eigenvalue weighted by Crippen LogP contribution is 2.43. The van der Waals surface area contributed by atoms with Gasteiger partial charge in [0.25, 0.3) is 0 Å². The highest BCUT2D eigenvalue weighted by Gasteiger charge is 2.31. The molecule has 2 N–H and O–H groups in total. The van der Waals surface area contributed by atoms with E-state index in [4.69, 9.17) is 13.8 Å². The van der Waals surface area contributed by atoms with Crippen molar-refractivity contribution in [3.63, 3.8) is 0 Å². The van der Waals surface area contributed by atoms with Crippen LogP contribution >= 0.6 is 11.3 Å². The quantitative estimate of drug-likeness (QED) is 0.190. The summed E-state index contributed by atoms with van der Waals surface area (Å²) in [5, 5.41) is 17.2. The molecule has 3 aromatic heterocycles. The van der Waals surface area contributed by atoms with E-state index >= 15 is 0 Å². The van der Waals surface area contributed by atoms with Crippen LogP contribution in [0.4, 0.5) is 0 Å². The predicted octanol–water partition coefficient (Wildman–Crippen LogP) is 13.0. The van der Waals surface area contributed by atoms with E-state index in [-0.39, 0.29) is 12.3 Å². The number of furan rings is 2. The summed E-state index contributed by atoms with van der Waals surface area (Å²) in [7, 11) is 0. The second kappa shape index (κ2) is 11.9. The lowest BCUT2D eigenvalue weighted by Crippen LogP contribution is -2.45. The van der Waals surface area contributed by atoms with Crippen molar-refractivity contribution in [2.24, 2.45) is 4.99 Å². The molecule has 55 heavy (non-hydrogen) atoms. The number of benzene rings is 8. The Kier molecular flexibility index (Phi) is 6.64. The Bertz CT molecular complexity index is 3370. The number of amidine groups is 1. The Morgan fingerprint density at radius 1 is 0.491 bits per heavy atom. The van der Waals surface area contributed by atoms with Crippen molar-refractivity contribution in [3.05, 3.63) is 180 Å². The fourth-order valence-corrected chi connectivity index (χ4v) is 9.71. The minimum Gasteiger partial charge on any atom is -0.456 e. The summed E-state index contributed by atoms with van der Waals surface area (Å²) in [4.78, 5) is 5.39. The normalized spacial score (nSPS) is 16.2. The van der Waals surface area contributed by atoms with Gasteiger partial charge in [0.1, 0.15) is 40.5 Å². The fraction of sp³-hybridized carbons (Fsp3) is 0.0408. The first-order valence-electron chi connectivity index (χ1n) is 18.6. The zero-order valence-corrected chi connectivity index (χ0v) is 30.2. The number of rotatable bonds is 4. The lowest BCUT2D eigenvalue weighted by molar-refractivity contribution is 0.411. The van der Waals surface area contributed by atoms with Crippen molar-refractivity contribution < 1.29 is 8.83 Å². The van der Waals surface area contributed by atoms with Gasteiger partial charge in [-0.2, -0.15) is 0 Å². The molecule has 1 aliphatic rings. The number of nitrogens with one attached hydrogen (secondary N) is 2. The van der Waals surface area contributed by atoms with Gasteiger partial charge in [-0.15, -0.1) is 11.3 Å². The summed E-state index contributed by atoms with van der Waals surface area (Å²) >= 11 is 1.84. The number of hydrogen-bond acceptors (Lipinski definition) is 6. The highest BCUT2D eigenvalue weighted by molar-refractivity contribution is 7.25. The van der Waals surface area contributed by atoms with Gasteiger partial charge in [-0.3, -0.25) is 5.32 Å². The number of para-hydroxylation sites is 2. The molecule has 1 aliphatic heterocycles. The van der Waals surface area contributed by atoms with Crippen LogP contribution in [0.5, 0.6) is 0 Å². The number of aliphatic imine (C=N–C) groups is 1. The van der Waals surface area contributed by atoms with Crippen molar-refractivity contribution in [1.82, 2.24) is 10.6 Å². The molecule has 0 saturated heterocycles. The smallest absolute Gasteiger partial charge is 0.135 e. The van der Waals surface area contributed by atoms with Crippen LogP contribution in [0.2, 0.25) is 0 Å². The molecular weight excluding hydrogens is 695 g/mol. The summed E-state index contributed by atoms with van der Waals surface area (Å²) < 4.78 is 15.5. The first kappa shape index (κ1) is 30.7. The van der Waals surface area contributed by atoms with E-state index in [1.807, 2.05) is 29.5 Å². The SMILES string of the molecule is c1ccc2cc(C3=NC(c4ccc5c(c4)oc4ccccc45)NC(c4c(-c5ccc6c(c5)sc5ccccc56)ccc5oc6ccccc6c45)N3)ccc2c1. The summed E-state index contributed by atoms with van der Waals surface area (Å²) in [5.74, 6) is 0.819. The van der Waals surface area contributed by atoms with Gasteiger partial charge in [-0.1, -0.05) is 121 Å². The molecule has 12 rings (SSSR count). The lowest BCUT2D eigenvalue weighted by atomic mass is 9.92. The molecule has 260 valence electrons. The van der Waals surface area contributed by atoms with Crippen LogP contribution in [0.25, 0.3) is 85.9 Å². The summed E-state index contributed by atoms with van der Waals surface area (Å²) in [6.45, 7) is 0. The third kappa shape index (κ3) is 4.85. The van der Waals surface area contributed by atoms with Crippen LogP contribution in [0, 0.1) is 0 Å². The highest BCUT2D eigenvalue weighted by atomic mass is 32.1. The largest absolute Gasteiger partial charge is 0.456 e. The Morgan fingerprint density at radius 3 is 2.09 bits per heavy atom. The predicted molar refractivity (Wildman–Crippen MR) is 228 cm³/mol. The first-order valence-corrected chi connectivity index (χ1v) is 19.4. The molecule has 0 fully saturated rings. The van der Waals surface area contributed by atoms with Crippen LogP contribution in [0.3, 0.4) is 0 Å². The average Bonchev–Trinajstić information content (AvgIpc) is 3.93. The van der Waals surface area contributed by atoms with Crippen molar-refractivity contribution >= 4 is 92.0 Å². The maximum Gasteiger partial charge on any atom is 0.135 e.